The van der Waals surface area contributed by atoms with Gasteiger partial charge in [0.15, 0.2) is 11.5 Å². The molecule has 1 aromatic carbocycles. The minimum Gasteiger partial charge on any atom is -0.493 e. The molecule has 0 spiro atoms. The summed E-state index contributed by atoms with van der Waals surface area (Å²) >= 11 is 0. The van der Waals surface area contributed by atoms with Gasteiger partial charge in [0.25, 0.3) is 0 Å². The molecule has 0 aliphatic carbocycles. The Hall–Kier alpha value is -1.30. The van der Waals surface area contributed by atoms with E-state index in [0.29, 0.717) is 23.5 Å². The average Bonchev–Trinajstić information content (AvgIpc) is 2.48. The highest BCUT2D eigenvalue weighted by Crippen LogP contribution is 2.37. The molecule has 0 bridgehead atoms. The highest BCUT2D eigenvalue weighted by Gasteiger charge is 2.40. The number of rotatable bonds is 7. The lowest BCUT2D eigenvalue weighted by Crippen LogP contribution is -2.42. The van der Waals surface area contributed by atoms with E-state index in [9.17, 15) is 5.11 Å². The lowest BCUT2D eigenvalue weighted by atomic mass is 9.97. The molecule has 108 valence electrons. The Morgan fingerprint density at radius 2 is 1.63 bits per heavy atom. The second-order valence-electron chi connectivity index (χ2n) is 4.07. The van der Waals surface area contributed by atoms with Gasteiger partial charge in [-0.3, -0.25) is 0 Å². The van der Waals surface area contributed by atoms with Gasteiger partial charge < -0.3 is 24.1 Å². The number of aliphatic hydroxyl groups is 1. The number of benzene rings is 1. The first-order valence-electron chi connectivity index (χ1n) is 6.10. The molecule has 0 saturated carbocycles. The lowest BCUT2D eigenvalue weighted by Gasteiger charge is -2.35. The first kappa shape index (κ1) is 15.8. The van der Waals surface area contributed by atoms with Gasteiger partial charge in [-0.25, -0.2) is 0 Å². The summed E-state index contributed by atoms with van der Waals surface area (Å²) in [5.74, 6) is -0.0472. The van der Waals surface area contributed by atoms with E-state index in [0.717, 1.165) is 0 Å². The van der Waals surface area contributed by atoms with Crippen molar-refractivity contribution in [3.05, 3.63) is 23.8 Å². The molecule has 5 heteroatoms. The summed E-state index contributed by atoms with van der Waals surface area (Å²) in [4.78, 5) is 0. The summed E-state index contributed by atoms with van der Waals surface area (Å²) in [6.07, 6.45) is -0.295. The molecule has 1 unspecified atom stereocenters. The van der Waals surface area contributed by atoms with Crippen molar-refractivity contribution in [2.75, 3.05) is 28.4 Å². The van der Waals surface area contributed by atoms with Crippen molar-refractivity contribution in [2.45, 2.75) is 25.2 Å². The minimum atomic E-state index is -1.21. The normalized spacial score (nSPS) is 13.2. The van der Waals surface area contributed by atoms with Gasteiger partial charge in [0.05, 0.1) is 14.2 Å². The van der Waals surface area contributed by atoms with Crippen molar-refractivity contribution in [2.24, 2.45) is 0 Å². The summed E-state index contributed by atoms with van der Waals surface area (Å²) in [6, 6.07) is 5.28. The van der Waals surface area contributed by atoms with Crippen molar-refractivity contribution in [3.8, 4) is 11.5 Å². The van der Waals surface area contributed by atoms with E-state index in [1.807, 2.05) is 6.92 Å². The fourth-order valence-electron chi connectivity index (χ4n) is 2.11. The third-order valence-electron chi connectivity index (χ3n) is 3.22. The summed E-state index contributed by atoms with van der Waals surface area (Å²) in [6.45, 7) is 1.86. The van der Waals surface area contributed by atoms with Gasteiger partial charge >= 0.3 is 0 Å². The van der Waals surface area contributed by atoms with Crippen molar-refractivity contribution in [3.63, 3.8) is 0 Å². The Labute approximate surface area is 114 Å². The number of hydrogen-bond acceptors (Lipinski definition) is 5. The summed E-state index contributed by atoms with van der Waals surface area (Å²) in [5, 5.41) is 10.2. The van der Waals surface area contributed by atoms with Gasteiger partial charge in [0, 0.05) is 19.8 Å². The molecule has 0 radical (unpaired) electrons. The average molecular weight is 270 g/mol. The fraction of sp³-hybridized carbons (Fsp3) is 0.571. The van der Waals surface area contributed by atoms with Crippen LogP contribution in [0.3, 0.4) is 0 Å². The van der Waals surface area contributed by atoms with Gasteiger partial charge in [-0.15, -0.1) is 0 Å². The molecular weight excluding hydrogens is 248 g/mol. The number of ether oxygens (including phenoxy) is 4. The van der Waals surface area contributed by atoms with Crippen LogP contribution < -0.4 is 9.47 Å². The standard InChI is InChI=1S/C14H22O5/c1-6-13(15)14(18-4,19-5)10-7-8-11(16-2)12(9-10)17-3/h7-9,13,15H,6H2,1-5H3. The van der Waals surface area contributed by atoms with Crippen LogP contribution in [0.25, 0.3) is 0 Å². The molecule has 0 saturated heterocycles. The topological polar surface area (TPSA) is 57.2 Å². The summed E-state index contributed by atoms with van der Waals surface area (Å²) in [7, 11) is 6.12. The predicted molar refractivity (Wildman–Crippen MR) is 71.5 cm³/mol. The molecular formula is C14H22O5. The van der Waals surface area contributed by atoms with Gasteiger partial charge in [-0.1, -0.05) is 6.92 Å². The molecule has 19 heavy (non-hydrogen) atoms. The van der Waals surface area contributed by atoms with E-state index in [1.165, 1.54) is 14.2 Å². The first-order valence-corrected chi connectivity index (χ1v) is 6.10. The Morgan fingerprint density at radius 1 is 1.05 bits per heavy atom. The van der Waals surface area contributed by atoms with Gasteiger partial charge in [-0.05, 0) is 24.6 Å². The van der Waals surface area contributed by atoms with E-state index in [2.05, 4.69) is 0 Å². The van der Waals surface area contributed by atoms with Crippen molar-refractivity contribution in [1.82, 2.24) is 0 Å². The summed E-state index contributed by atoms with van der Waals surface area (Å²) in [5.41, 5.74) is 0.671. The minimum absolute atomic E-state index is 0.496. The van der Waals surface area contributed by atoms with Crippen LogP contribution in [0.4, 0.5) is 0 Å². The second-order valence-corrected chi connectivity index (χ2v) is 4.07. The maximum Gasteiger partial charge on any atom is 0.221 e. The van der Waals surface area contributed by atoms with Crippen LogP contribution in [0.2, 0.25) is 0 Å². The zero-order valence-corrected chi connectivity index (χ0v) is 12.1. The van der Waals surface area contributed by atoms with Gasteiger partial charge in [-0.2, -0.15) is 0 Å². The Kier molecular flexibility index (Phi) is 5.60. The van der Waals surface area contributed by atoms with Crippen molar-refractivity contribution in [1.29, 1.82) is 0 Å². The Morgan fingerprint density at radius 3 is 2.05 bits per heavy atom. The molecule has 0 aromatic heterocycles. The van der Waals surface area contributed by atoms with Gasteiger partial charge in [0.2, 0.25) is 5.79 Å². The van der Waals surface area contributed by atoms with Crippen molar-refractivity contribution >= 4 is 0 Å². The Bertz CT molecular complexity index is 401. The van der Waals surface area contributed by atoms with Crippen LogP contribution in [-0.2, 0) is 15.3 Å². The number of hydrogen-bond donors (Lipinski definition) is 1. The molecule has 0 fully saturated rings. The quantitative estimate of drug-likeness (QED) is 0.767. The molecule has 0 aliphatic rings. The molecule has 5 nitrogen and oxygen atoms in total. The van der Waals surface area contributed by atoms with Crippen LogP contribution in [0.5, 0.6) is 11.5 Å². The highest BCUT2D eigenvalue weighted by molar-refractivity contribution is 5.44. The van der Waals surface area contributed by atoms with E-state index >= 15 is 0 Å². The zero-order chi connectivity index (χ0) is 14.5. The Balaban J connectivity index is 3.31. The second kappa shape index (κ2) is 6.75. The SMILES string of the molecule is CCC(O)C(OC)(OC)c1ccc(OC)c(OC)c1. The van der Waals surface area contributed by atoms with E-state index in [-0.39, 0.29) is 0 Å². The highest BCUT2D eigenvalue weighted by atomic mass is 16.7. The van der Waals surface area contributed by atoms with E-state index < -0.39 is 11.9 Å². The molecule has 0 heterocycles. The van der Waals surface area contributed by atoms with Crippen LogP contribution >= 0.6 is 0 Å². The molecule has 0 aliphatic heterocycles. The van der Waals surface area contributed by atoms with Crippen LogP contribution in [0, 0.1) is 0 Å². The number of aliphatic hydroxyl groups excluding tert-OH is 1. The molecule has 1 aromatic rings. The van der Waals surface area contributed by atoms with Crippen LogP contribution in [0.15, 0.2) is 18.2 Å². The van der Waals surface area contributed by atoms with Gasteiger partial charge in [0.1, 0.15) is 6.10 Å². The number of methoxy groups -OCH3 is 4. The third kappa shape index (κ3) is 2.83. The molecule has 1 rings (SSSR count). The van der Waals surface area contributed by atoms with Crippen LogP contribution in [-0.4, -0.2) is 39.6 Å². The lowest BCUT2D eigenvalue weighted by molar-refractivity contribution is -0.269. The maximum absolute atomic E-state index is 10.2. The van der Waals surface area contributed by atoms with E-state index in [1.54, 1.807) is 32.4 Å². The third-order valence-corrected chi connectivity index (χ3v) is 3.22. The van der Waals surface area contributed by atoms with Crippen LogP contribution in [0.1, 0.15) is 18.9 Å². The van der Waals surface area contributed by atoms with Crippen molar-refractivity contribution < 1.29 is 24.1 Å². The molecule has 1 atom stereocenters. The van der Waals surface area contributed by atoms with E-state index in [4.69, 9.17) is 18.9 Å². The molecule has 1 N–H and O–H groups in total. The summed E-state index contributed by atoms with van der Waals surface area (Å²) < 4.78 is 21.3. The first-order chi connectivity index (χ1) is 9.09. The fourth-order valence-corrected chi connectivity index (χ4v) is 2.11. The largest absolute Gasteiger partial charge is 0.493 e. The molecule has 0 amide bonds. The smallest absolute Gasteiger partial charge is 0.221 e. The predicted octanol–water partition coefficient (Wildman–Crippen LogP) is 1.92. The zero-order valence-electron chi connectivity index (χ0n) is 12.1. The maximum atomic E-state index is 10.2. The monoisotopic (exact) mass is 270 g/mol.